The van der Waals surface area contributed by atoms with Gasteiger partial charge in [0.25, 0.3) is 0 Å². The first-order valence-electron chi connectivity index (χ1n) is 5.90. The first kappa shape index (κ1) is 11.3. The highest BCUT2D eigenvalue weighted by molar-refractivity contribution is 5.14. The van der Waals surface area contributed by atoms with E-state index >= 15 is 0 Å². The Kier molecular flexibility index (Phi) is 3.72. The summed E-state index contributed by atoms with van der Waals surface area (Å²) in [6.45, 7) is 6.81. The predicted molar refractivity (Wildman–Crippen MR) is 62.6 cm³/mol. The summed E-state index contributed by atoms with van der Waals surface area (Å²) in [4.78, 5) is 8.49. The van der Waals surface area contributed by atoms with Crippen LogP contribution in [-0.4, -0.2) is 29.7 Å². The van der Waals surface area contributed by atoms with Crippen molar-refractivity contribution in [1.82, 2.24) is 15.3 Å². The van der Waals surface area contributed by atoms with Crippen LogP contribution in [0.25, 0.3) is 0 Å². The molecule has 1 fully saturated rings. The molecule has 1 aliphatic rings. The van der Waals surface area contributed by atoms with Crippen LogP contribution in [0.4, 0.5) is 0 Å². The third-order valence-electron chi connectivity index (χ3n) is 2.81. The van der Waals surface area contributed by atoms with Crippen LogP contribution in [0.2, 0.25) is 0 Å². The molecule has 0 radical (unpaired) electrons. The molecule has 4 nitrogen and oxygen atoms in total. The number of nitrogens with zero attached hydrogens (tertiary/aromatic N) is 2. The van der Waals surface area contributed by atoms with E-state index in [0.29, 0.717) is 11.8 Å². The Bertz CT molecular complexity index is 328. The molecule has 0 aromatic carbocycles. The van der Waals surface area contributed by atoms with Crippen LogP contribution in [0.3, 0.4) is 0 Å². The van der Waals surface area contributed by atoms with Gasteiger partial charge >= 0.3 is 0 Å². The number of rotatable bonds is 3. The van der Waals surface area contributed by atoms with Gasteiger partial charge in [-0.15, -0.1) is 0 Å². The van der Waals surface area contributed by atoms with Gasteiger partial charge in [-0.05, 0) is 33.2 Å². The highest BCUT2D eigenvalue weighted by atomic mass is 16.5. The lowest BCUT2D eigenvalue weighted by Crippen LogP contribution is -2.33. The van der Waals surface area contributed by atoms with Crippen LogP contribution in [0.1, 0.15) is 24.4 Å². The van der Waals surface area contributed by atoms with Gasteiger partial charge in [0.2, 0.25) is 5.88 Å². The normalized spacial score (nSPS) is 20.8. The van der Waals surface area contributed by atoms with Gasteiger partial charge in [0.05, 0.1) is 6.61 Å². The quantitative estimate of drug-likeness (QED) is 0.839. The molecular weight excluding hydrogens is 202 g/mol. The van der Waals surface area contributed by atoms with Crippen molar-refractivity contribution in [3.05, 3.63) is 17.6 Å². The summed E-state index contributed by atoms with van der Waals surface area (Å²) in [5, 5.41) is 3.38. The average molecular weight is 221 g/mol. The maximum Gasteiger partial charge on any atom is 0.216 e. The molecule has 2 rings (SSSR count). The Hall–Kier alpha value is -1.16. The van der Waals surface area contributed by atoms with Gasteiger partial charge in [0.15, 0.2) is 0 Å². The summed E-state index contributed by atoms with van der Waals surface area (Å²) in [7, 11) is 0. The topological polar surface area (TPSA) is 47.0 Å². The zero-order chi connectivity index (χ0) is 11.4. The van der Waals surface area contributed by atoms with Crippen molar-refractivity contribution in [3.8, 4) is 5.88 Å². The van der Waals surface area contributed by atoms with Crippen molar-refractivity contribution in [2.75, 3.05) is 19.7 Å². The first-order valence-corrected chi connectivity index (χ1v) is 5.90. The minimum absolute atomic E-state index is 0.615. The summed E-state index contributed by atoms with van der Waals surface area (Å²) in [6, 6.07) is 1.89. The standard InChI is InChI=1S/C12H19N3O/c1-9-6-12(15-10(2)14-9)16-8-11-4-3-5-13-7-11/h6,11,13H,3-5,7-8H2,1-2H3/t11-/m0/s1. The smallest absolute Gasteiger partial charge is 0.216 e. The maximum atomic E-state index is 5.72. The van der Waals surface area contributed by atoms with Gasteiger partial charge in [-0.2, -0.15) is 4.98 Å². The van der Waals surface area contributed by atoms with E-state index in [1.807, 2.05) is 19.9 Å². The Labute approximate surface area is 96.4 Å². The van der Waals surface area contributed by atoms with Crippen LogP contribution < -0.4 is 10.1 Å². The predicted octanol–water partition coefficient (Wildman–Crippen LogP) is 1.47. The number of aromatic nitrogens is 2. The zero-order valence-corrected chi connectivity index (χ0v) is 9.99. The van der Waals surface area contributed by atoms with Crippen molar-refractivity contribution in [2.45, 2.75) is 26.7 Å². The van der Waals surface area contributed by atoms with Crippen LogP contribution in [0, 0.1) is 19.8 Å². The molecular formula is C12H19N3O. The number of aryl methyl sites for hydroxylation is 2. The van der Waals surface area contributed by atoms with Gasteiger partial charge in [-0.25, -0.2) is 4.98 Å². The second-order valence-corrected chi connectivity index (χ2v) is 4.42. The van der Waals surface area contributed by atoms with E-state index in [4.69, 9.17) is 4.74 Å². The van der Waals surface area contributed by atoms with E-state index in [9.17, 15) is 0 Å². The second-order valence-electron chi connectivity index (χ2n) is 4.42. The fourth-order valence-corrected chi connectivity index (χ4v) is 2.03. The molecule has 0 spiro atoms. The van der Waals surface area contributed by atoms with Gasteiger partial charge in [0, 0.05) is 24.2 Å². The lowest BCUT2D eigenvalue weighted by atomic mass is 10.0. The van der Waals surface area contributed by atoms with E-state index < -0.39 is 0 Å². The summed E-state index contributed by atoms with van der Waals surface area (Å²) in [5.41, 5.74) is 0.962. The molecule has 0 unspecified atom stereocenters. The molecule has 4 heteroatoms. The summed E-state index contributed by atoms with van der Waals surface area (Å²) in [6.07, 6.45) is 2.49. The van der Waals surface area contributed by atoms with Crippen molar-refractivity contribution in [3.63, 3.8) is 0 Å². The number of nitrogens with one attached hydrogen (secondary N) is 1. The average Bonchev–Trinajstić information content (AvgIpc) is 2.27. The third-order valence-corrected chi connectivity index (χ3v) is 2.81. The first-order chi connectivity index (χ1) is 7.74. The monoisotopic (exact) mass is 221 g/mol. The zero-order valence-electron chi connectivity index (χ0n) is 9.99. The van der Waals surface area contributed by atoms with Crippen LogP contribution >= 0.6 is 0 Å². The van der Waals surface area contributed by atoms with E-state index in [-0.39, 0.29) is 0 Å². The Morgan fingerprint density at radius 3 is 3.00 bits per heavy atom. The van der Waals surface area contributed by atoms with Gasteiger partial charge in [-0.1, -0.05) is 0 Å². The fourth-order valence-electron chi connectivity index (χ4n) is 2.03. The van der Waals surface area contributed by atoms with Crippen molar-refractivity contribution >= 4 is 0 Å². The van der Waals surface area contributed by atoms with Crippen molar-refractivity contribution in [1.29, 1.82) is 0 Å². The Morgan fingerprint density at radius 2 is 2.31 bits per heavy atom. The minimum Gasteiger partial charge on any atom is -0.477 e. The van der Waals surface area contributed by atoms with E-state index in [1.54, 1.807) is 0 Å². The molecule has 1 aromatic rings. The van der Waals surface area contributed by atoms with Crippen LogP contribution in [0.15, 0.2) is 6.07 Å². The SMILES string of the molecule is Cc1cc(OC[C@H]2CCCNC2)nc(C)n1. The van der Waals surface area contributed by atoms with Gasteiger partial charge in [0.1, 0.15) is 5.82 Å². The summed E-state index contributed by atoms with van der Waals surface area (Å²) < 4.78 is 5.72. The number of hydrogen-bond acceptors (Lipinski definition) is 4. The molecule has 16 heavy (non-hydrogen) atoms. The van der Waals surface area contributed by atoms with E-state index in [1.165, 1.54) is 12.8 Å². The minimum atomic E-state index is 0.615. The molecule has 0 bridgehead atoms. The number of hydrogen-bond donors (Lipinski definition) is 1. The molecule has 0 amide bonds. The summed E-state index contributed by atoms with van der Waals surface area (Å²) >= 11 is 0. The highest BCUT2D eigenvalue weighted by Crippen LogP contribution is 2.13. The molecule has 1 atom stereocenters. The summed E-state index contributed by atoms with van der Waals surface area (Å²) in [5.74, 6) is 2.09. The van der Waals surface area contributed by atoms with Gasteiger partial charge in [-0.3, -0.25) is 0 Å². The van der Waals surface area contributed by atoms with Crippen molar-refractivity contribution < 1.29 is 4.74 Å². The molecule has 2 heterocycles. The Morgan fingerprint density at radius 1 is 1.44 bits per heavy atom. The van der Waals surface area contributed by atoms with Gasteiger partial charge < -0.3 is 10.1 Å². The van der Waals surface area contributed by atoms with E-state index in [0.717, 1.165) is 31.2 Å². The van der Waals surface area contributed by atoms with E-state index in [2.05, 4.69) is 15.3 Å². The molecule has 0 aliphatic carbocycles. The molecule has 88 valence electrons. The molecule has 0 saturated carbocycles. The third kappa shape index (κ3) is 3.17. The largest absolute Gasteiger partial charge is 0.477 e. The number of piperidine rings is 1. The maximum absolute atomic E-state index is 5.72. The second kappa shape index (κ2) is 5.25. The van der Waals surface area contributed by atoms with Crippen LogP contribution in [0.5, 0.6) is 5.88 Å². The van der Waals surface area contributed by atoms with Crippen LogP contribution in [-0.2, 0) is 0 Å². The molecule has 1 saturated heterocycles. The van der Waals surface area contributed by atoms with Crippen molar-refractivity contribution in [2.24, 2.45) is 5.92 Å². The fraction of sp³-hybridized carbons (Fsp3) is 0.667. The number of ether oxygens (including phenoxy) is 1. The molecule has 1 aromatic heterocycles. The highest BCUT2D eigenvalue weighted by Gasteiger charge is 2.13. The lowest BCUT2D eigenvalue weighted by molar-refractivity contribution is 0.211. The molecule has 1 N–H and O–H groups in total. The lowest BCUT2D eigenvalue weighted by Gasteiger charge is -2.22. The Balaban J connectivity index is 1.88. The molecule has 1 aliphatic heterocycles.